The number of hydrogen-bond donors (Lipinski definition) is 1. The number of anilines is 1. The van der Waals surface area contributed by atoms with Gasteiger partial charge in [0.05, 0.1) is 5.56 Å². The molecule has 0 aliphatic heterocycles. The summed E-state index contributed by atoms with van der Waals surface area (Å²) >= 11 is 2.86. The largest absolute Gasteiger partial charge is 0.417 e. The Morgan fingerprint density at radius 3 is 2.42 bits per heavy atom. The van der Waals surface area contributed by atoms with E-state index in [2.05, 4.69) is 31.4 Å². The molecule has 0 saturated carbocycles. The Balaban J connectivity index is 1.78. The Kier molecular flexibility index (Phi) is 4.82. The van der Waals surface area contributed by atoms with Crippen LogP contribution in [0.25, 0.3) is 11.5 Å². The number of halogens is 4. The fourth-order valence-corrected chi connectivity index (χ4v) is 2.67. The third kappa shape index (κ3) is 3.93. The molecule has 2 aromatic carbocycles. The number of carbonyl (C=O) groups is 1. The van der Waals surface area contributed by atoms with Crippen LogP contribution in [0.1, 0.15) is 21.7 Å². The molecular weight excluding hydrogens is 415 g/mol. The molecule has 3 rings (SSSR count). The molecule has 1 aromatic heterocycles. The fourth-order valence-electron chi connectivity index (χ4n) is 2.20. The predicted molar refractivity (Wildman–Crippen MR) is 91.6 cm³/mol. The van der Waals surface area contributed by atoms with Gasteiger partial charge in [0.25, 0.3) is 11.8 Å². The van der Waals surface area contributed by atoms with Crippen LogP contribution in [0, 0.1) is 6.92 Å². The Bertz CT molecular complexity index is 953. The number of aryl methyl sites for hydroxylation is 1. The molecule has 0 aliphatic carbocycles. The van der Waals surface area contributed by atoms with Gasteiger partial charge in [-0.2, -0.15) is 18.2 Å². The molecule has 0 atom stereocenters. The van der Waals surface area contributed by atoms with Crippen LogP contribution in [-0.2, 0) is 6.18 Å². The lowest BCUT2D eigenvalue weighted by atomic mass is 10.1. The Hall–Kier alpha value is -2.68. The molecular formula is C17H11BrF3N3O2. The molecule has 5 nitrogen and oxygen atoms in total. The average Bonchev–Trinajstić information content (AvgIpc) is 3.02. The molecule has 9 heteroatoms. The van der Waals surface area contributed by atoms with Gasteiger partial charge in [0.1, 0.15) is 0 Å². The van der Waals surface area contributed by atoms with Crippen LogP contribution in [0.2, 0.25) is 0 Å². The topological polar surface area (TPSA) is 68.0 Å². The number of nitrogens with one attached hydrogen (secondary N) is 1. The van der Waals surface area contributed by atoms with Crippen LogP contribution in [0.5, 0.6) is 0 Å². The molecule has 134 valence electrons. The summed E-state index contributed by atoms with van der Waals surface area (Å²) in [6.07, 6.45) is -4.52. The summed E-state index contributed by atoms with van der Waals surface area (Å²) in [5.74, 6) is 0.267. The van der Waals surface area contributed by atoms with Crippen LogP contribution < -0.4 is 5.32 Å². The first-order valence-corrected chi connectivity index (χ1v) is 8.12. The molecule has 0 saturated heterocycles. The van der Waals surface area contributed by atoms with Crippen molar-refractivity contribution in [1.82, 2.24) is 10.1 Å². The van der Waals surface area contributed by atoms with Gasteiger partial charge in [0.2, 0.25) is 0 Å². The number of amides is 1. The summed E-state index contributed by atoms with van der Waals surface area (Å²) in [7, 11) is 0. The van der Waals surface area contributed by atoms with Crippen LogP contribution >= 0.6 is 15.9 Å². The minimum atomic E-state index is -4.52. The lowest BCUT2D eigenvalue weighted by Gasteiger charge is -2.12. The minimum Gasteiger partial charge on any atom is -0.334 e. The van der Waals surface area contributed by atoms with Crippen molar-refractivity contribution in [2.24, 2.45) is 0 Å². The maximum atomic E-state index is 12.9. The fraction of sp³-hybridized carbons (Fsp3) is 0.118. The number of nitrogens with zero attached hydrogens (tertiary/aromatic N) is 2. The number of hydrogen-bond acceptors (Lipinski definition) is 4. The number of aromatic nitrogens is 2. The zero-order valence-electron chi connectivity index (χ0n) is 13.3. The summed E-state index contributed by atoms with van der Waals surface area (Å²) in [6, 6.07) is 9.76. The standard InChI is InChI=1S/C17H11BrF3N3O2/c1-9-22-16(26-24-9)11-4-2-10(3-5-11)15(25)23-12-6-7-14(18)13(8-12)17(19,20)21/h2-8H,1H3,(H,23,25). The number of benzene rings is 2. The van der Waals surface area contributed by atoms with Gasteiger partial charge in [-0.25, -0.2) is 0 Å². The molecule has 1 N–H and O–H groups in total. The van der Waals surface area contributed by atoms with Gasteiger partial charge in [0.15, 0.2) is 5.82 Å². The highest BCUT2D eigenvalue weighted by Gasteiger charge is 2.33. The smallest absolute Gasteiger partial charge is 0.334 e. The van der Waals surface area contributed by atoms with Gasteiger partial charge in [-0.1, -0.05) is 21.1 Å². The van der Waals surface area contributed by atoms with Gasteiger partial charge in [0, 0.05) is 21.3 Å². The van der Waals surface area contributed by atoms with Crippen LogP contribution in [0.4, 0.5) is 18.9 Å². The third-order valence-corrected chi connectivity index (χ3v) is 4.14. The van der Waals surface area contributed by atoms with E-state index in [9.17, 15) is 18.0 Å². The molecule has 0 aliphatic rings. The van der Waals surface area contributed by atoms with Crippen LogP contribution in [0.15, 0.2) is 51.5 Å². The highest BCUT2D eigenvalue weighted by Crippen LogP contribution is 2.36. The van der Waals surface area contributed by atoms with Crippen molar-refractivity contribution in [3.05, 3.63) is 63.9 Å². The van der Waals surface area contributed by atoms with E-state index in [0.29, 0.717) is 17.3 Å². The normalized spacial score (nSPS) is 11.4. The summed E-state index contributed by atoms with van der Waals surface area (Å²) < 4.78 is 43.7. The first kappa shape index (κ1) is 18.1. The second kappa shape index (κ2) is 6.91. The van der Waals surface area contributed by atoms with Crippen molar-refractivity contribution in [2.75, 3.05) is 5.32 Å². The lowest BCUT2D eigenvalue weighted by Crippen LogP contribution is -2.13. The lowest BCUT2D eigenvalue weighted by molar-refractivity contribution is -0.138. The first-order valence-electron chi connectivity index (χ1n) is 7.33. The second-order valence-corrected chi connectivity index (χ2v) is 6.22. The van der Waals surface area contributed by atoms with E-state index in [0.717, 1.165) is 6.07 Å². The van der Waals surface area contributed by atoms with E-state index in [4.69, 9.17) is 4.52 Å². The van der Waals surface area contributed by atoms with E-state index in [1.165, 1.54) is 24.3 Å². The summed E-state index contributed by atoms with van der Waals surface area (Å²) in [5, 5.41) is 6.13. The molecule has 1 amide bonds. The van der Waals surface area contributed by atoms with Crippen LogP contribution in [-0.4, -0.2) is 16.0 Å². The second-order valence-electron chi connectivity index (χ2n) is 5.37. The van der Waals surface area contributed by atoms with E-state index in [-0.39, 0.29) is 15.7 Å². The molecule has 0 fully saturated rings. The van der Waals surface area contributed by atoms with E-state index in [1.807, 2.05) is 0 Å². The zero-order valence-corrected chi connectivity index (χ0v) is 14.9. The predicted octanol–water partition coefficient (Wildman–Crippen LogP) is 5.08. The van der Waals surface area contributed by atoms with Crippen molar-refractivity contribution in [3.63, 3.8) is 0 Å². The molecule has 26 heavy (non-hydrogen) atoms. The molecule has 1 heterocycles. The highest BCUT2D eigenvalue weighted by atomic mass is 79.9. The SMILES string of the molecule is Cc1noc(-c2ccc(C(=O)Nc3ccc(Br)c(C(F)(F)F)c3)cc2)n1. The maximum absolute atomic E-state index is 12.9. The van der Waals surface area contributed by atoms with Gasteiger partial charge in [-0.3, -0.25) is 4.79 Å². The molecule has 0 bridgehead atoms. The van der Waals surface area contributed by atoms with Crippen molar-refractivity contribution in [3.8, 4) is 11.5 Å². The van der Waals surface area contributed by atoms with Crippen molar-refractivity contribution < 1.29 is 22.5 Å². The van der Waals surface area contributed by atoms with Gasteiger partial charge >= 0.3 is 6.18 Å². The zero-order chi connectivity index (χ0) is 18.9. The van der Waals surface area contributed by atoms with Crippen LogP contribution in [0.3, 0.4) is 0 Å². The van der Waals surface area contributed by atoms with Gasteiger partial charge in [-0.05, 0) is 49.4 Å². The quantitative estimate of drug-likeness (QED) is 0.635. The summed E-state index contributed by atoms with van der Waals surface area (Å²) in [5.41, 5.74) is 0.0890. The average molecular weight is 426 g/mol. The third-order valence-electron chi connectivity index (χ3n) is 3.45. The van der Waals surface area contributed by atoms with E-state index >= 15 is 0 Å². The minimum absolute atomic E-state index is 0.0436. The maximum Gasteiger partial charge on any atom is 0.417 e. The summed E-state index contributed by atoms with van der Waals surface area (Å²) in [6.45, 7) is 1.68. The number of rotatable bonds is 3. The number of alkyl halides is 3. The van der Waals surface area contributed by atoms with Crippen molar-refractivity contribution >= 4 is 27.5 Å². The number of carbonyl (C=O) groups excluding carboxylic acids is 1. The van der Waals surface area contributed by atoms with Crippen molar-refractivity contribution in [2.45, 2.75) is 13.1 Å². The highest BCUT2D eigenvalue weighted by molar-refractivity contribution is 9.10. The molecule has 0 radical (unpaired) electrons. The summed E-state index contributed by atoms with van der Waals surface area (Å²) in [4.78, 5) is 16.3. The first-order chi connectivity index (χ1) is 12.2. The molecule has 0 spiro atoms. The monoisotopic (exact) mass is 425 g/mol. The molecule has 3 aromatic rings. The van der Waals surface area contributed by atoms with Gasteiger partial charge < -0.3 is 9.84 Å². The van der Waals surface area contributed by atoms with E-state index < -0.39 is 17.6 Å². The Labute approximate surface area is 154 Å². The van der Waals surface area contributed by atoms with E-state index in [1.54, 1.807) is 19.1 Å². The Morgan fingerprint density at radius 2 is 1.85 bits per heavy atom. The Morgan fingerprint density at radius 1 is 1.15 bits per heavy atom. The van der Waals surface area contributed by atoms with Crippen molar-refractivity contribution in [1.29, 1.82) is 0 Å². The molecule has 0 unspecified atom stereocenters. The van der Waals surface area contributed by atoms with Gasteiger partial charge in [-0.15, -0.1) is 0 Å².